The van der Waals surface area contributed by atoms with Crippen molar-refractivity contribution in [2.75, 3.05) is 11.9 Å². The molecular formula is C16H21N5O. The van der Waals surface area contributed by atoms with Gasteiger partial charge in [-0.15, -0.1) is 10.2 Å². The van der Waals surface area contributed by atoms with E-state index in [9.17, 15) is 4.79 Å². The van der Waals surface area contributed by atoms with E-state index in [1.54, 1.807) is 6.33 Å². The maximum Gasteiger partial charge on any atom is 0.322 e. The molecule has 0 bridgehead atoms. The molecule has 0 aliphatic carbocycles. The van der Waals surface area contributed by atoms with Crippen molar-refractivity contribution in [3.05, 3.63) is 41.5 Å². The van der Waals surface area contributed by atoms with Gasteiger partial charge in [-0.05, 0) is 38.3 Å². The number of carbonyl (C=O) groups excluding carboxylic acids is 1. The predicted molar refractivity (Wildman–Crippen MR) is 84.6 cm³/mol. The smallest absolute Gasteiger partial charge is 0.319 e. The molecule has 3 rings (SSSR count). The third-order valence-electron chi connectivity index (χ3n) is 4.18. The van der Waals surface area contributed by atoms with Crippen molar-refractivity contribution in [2.45, 2.75) is 32.7 Å². The van der Waals surface area contributed by atoms with E-state index in [2.05, 4.69) is 21.6 Å². The first-order valence-corrected chi connectivity index (χ1v) is 7.55. The molecule has 2 amide bonds. The molecule has 116 valence electrons. The summed E-state index contributed by atoms with van der Waals surface area (Å²) in [6.07, 6.45) is 3.58. The van der Waals surface area contributed by atoms with Crippen LogP contribution in [0.5, 0.6) is 0 Å². The summed E-state index contributed by atoms with van der Waals surface area (Å²) in [7, 11) is 1.91. The van der Waals surface area contributed by atoms with E-state index >= 15 is 0 Å². The summed E-state index contributed by atoms with van der Waals surface area (Å²) >= 11 is 0. The minimum Gasteiger partial charge on any atom is -0.319 e. The van der Waals surface area contributed by atoms with Crippen LogP contribution in [0.3, 0.4) is 0 Å². The number of likely N-dealkylation sites (tertiary alicyclic amines) is 1. The molecule has 0 unspecified atom stereocenters. The molecule has 1 aromatic heterocycles. The van der Waals surface area contributed by atoms with Gasteiger partial charge in [0.1, 0.15) is 6.33 Å². The highest BCUT2D eigenvalue weighted by Crippen LogP contribution is 2.31. The van der Waals surface area contributed by atoms with Crippen LogP contribution in [0.2, 0.25) is 0 Å². The van der Waals surface area contributed by atoms with Gasteiger partial charge < -0.3 is 14.8 Å². The molecule has 2 aromatic rings. The lowest BCUT2D eigenvalue weighted by atomic mass is 10.1. The Balaban J connectivity index is 1.78. The lowest BCUT2D eigenvalue weighted by molar-refractivity contribution is 0.204. The SMILES string of the molecule is Cc1ccc(NC(=O)N2CCC[C@@H]2c2nncn2C)c(C)c1. The summed E-state index contributed by atoms with van der Waals surface area (Å²) in [5, 5.41) is 11.1. The number of hydrogen-bond donors (Lipinski definition) is 1. The maximum absolute atomic E-state index is 12.6. The zero-order valence-corrected chi connectivity index (χ0v) is 13.2. The average molecular weight is 299 g/mol. The number of carbonyl (C=O) groups is 1. The number of benzene rings is 1. The largest absolute Gasteiger partial charge is 0.322 e. The van der Waals surface area contributed by atoms with Crippen LogP contribution < -0.4 is 5.32 Å². The van der Waals surface area contributed by atoms with Crippen LogP contribution in [0.15, 0.2) is 24.5 Å². The summed E-state index contributed by atoms with van der Waals surface area (Å²) in [6.45, 7) is 4.80. The van der Waals surface area contributed by atoms with Gasteiger partial charge in [0.15, 0.2) is 5.82 Å². The molecule has 1 fully saturated rings. The fourth-order valence-electron chi connectivity index (χ4n) is 3.01. The first kappa shape index (κ1) is 14.6. The Morgan fingerprint density at radius 2 is 2.18 bits per heavy atom. The number of nitrogens with one attached hydrogen (secondary N) is 1. The maximum atomic E-state index is 12.6. The molecule has 0 radical (unpaired) electrons. The molecule has 1 N–H and O–H groups in total. The highest BCUT2D eigenvalue weighted by molar-refractivity contribution is 5.90. The van der Waals surface area contributed by atoms with E-state index in [0.29, 0.717) is 0 Å². The average Bonchev–Trinajstić information content (AvgIpc) is 3.09. The number of amides is 2. The predicted octanol–water partition coefficient (Wildman–Crippen LogP) is 2.80. The molecule has 0 spiro atoms. The van der Waals surface area contributed by atoms with Gasteiger partial charge in [0.25, 0.3) is 0 Å². The van der Waals surface area contributed by atoms with Crippen molar-refractivity contribution in [3.8, 4) is 0 Å². The number of nitrogens with zero attached hydrogens (tertiary/aromatic N) is 4. The van der Waals surface area contributed by atoms with Gasteiger partial charge in [0, 0.05) is 19.3 Å². The molecule has 6 heteroatoms. The fourth-order valence-corrected chi connectivity index (χ4v) is 3.01. The van der Waals surface area contributed by atoms with E-state index in [0.717, 1.165) is 36.5 Å². The Bertz CT molecular complexity index is 694. The summed E-state index contributed by atoms with van der Waals surface area (Å²) in [5.41, 5.74) is 3.12. The van der Waals surface area contributed by atoms with Crippen LogP contribution in [-0.4, -0.2) is 32.2 Å². The summed E-state index contributed by atoms with van der Waals surface area (Å²) in [5.74, 6) is 0.841. The van der Waals surface area contributed by atoms with Crippen molar-refractivity contribution in [3.63, 3.8) is 0 Å². The molecule has 1 aromatic carbocycles. The standard InChI is InChI=1S/C16H21N5O/c1-11-6-7-13(12(2)9-11)18-16(22)21-8-4-5-14(21)15-19-17-10-20(15)3/h6-7,9-10,14H,4-5,8H2,1-3H3,(H,18,22)/t14-/m1/s1. The molecule has 1 aliphatic heterocycles. The topological polar surface area (TPSA) is 63.1 Å². The van der Waals surface area contributed by atoms with Crippen LogP contribution in [0.25, 0.3) is 0 Å². The zero-order chi connectivity index (χ0) is 15.7. The first-order chi connectivity index (χ1) is 10.6. The first-order valence-electron chi connectivity index (χ1n) is 7.55. The second-order valence-corrected chi connectivity index (χ2v) is 5.90. The summed E-state index contributed by atoms with van der Waals surface area (Å²) < 4.78 is 1.88. The van der Waals surface area contributed by atoms with Gasteiger partial charge in [0.2, 0.25) is 0 Å². The third-order valence-corrected chi connectivity index (χ3v) is 4.18. The van der Waals surface area contributed by atoms with Gasteiger partial charge in [-0.2, -0.15) is 0 Å². The van der Waals surface area contributed by atoms with Gasteiger partial charge in [-0.1, -0.05) is 17.7 Å². The monoisotopic (exact) mass is 299 g/mol. The molecule has 1 aliphatic rings. The molecular weight excluding hydrogens is 278 g/mol. The Labute approximate surface area is 130 Å². The normalized spacial score (nSPS) is 17.8. The van der Waals surface area contributed by atoms with Gasteiger partial charge in [-0.3, -0.25) is 0 Å². The number of hydrogen-bond acceptors (Lipinski definition) is 3. The van der Waals surface area contributed by atoms with Gasteiger partial charge in [-0.25, -0.2) is 4.79 Å². The highest BCUT2D eigenvalue weighted by Gasteiger charge is 2.33. The second-order valence-electron chi connectivity index (χ2n) is 5.90. The molecule has 0 saturated carbocycles. The van der Waals surface area contributed by atoms with Crippen molar-refractivity contribution < 1.29 is 4.79 Å². The van der Waals surface area contributed by atoms with Crippen LogP contribution in [-0.2, 0) is 7.05 Å². The van der Waals surface area contributed by atoms with Crippen LogP contribution in [0.4, 0.5) is 10.5 Å². The lowest BCUT2D eigenvalue weighted by Gasteiger charge is -2.24. The Hall–Kier alpha value is -2.37. The van der Waals surface area contributed by atoms with E-state index in [4.69, 9.17) is 0 Å². The highest BCUT2D eigenvalue weighted by atomic mass is 16.2. The van der Waals surface area contributed by atoms with Crippen molar-refractivity contribution in [1.29, 1.82) is 0 Å². The Kier molecular flexibility index (Phi) is 3.83. The van der Waals surface area contributed by atoms with Crippen LogP contribution >= 0.6 is 0 Å². The van der Waals surface area contributed by atoms with Gasteiger partial charge >= 0.3 is 6.03 Å². The number of rotatable bonds is 2. The number of anilines is 1. The summed E-state index contributed by atoms with van der Waals surface area (Å²) in [4.78, 5) is 14.5. The minimum absolute atomic E-state index is 0.00162. The van der Waals surface area contributed by atoms with Crippen molar-refractivity contribution >= 4 is 11.7 Å². The van der Waals surface area contributed by atoms with E-state index in [-0.39, 0.29) is 12.1 Å². The fraction of sp³-hybridized carbons (Fsp3) is 0.438. The van der Waals surface area contributed by atoms with Crippen molar-refractivity contribution in [2.24, 2.45) is 7.05 Å². The van der Waals surface area contributed by atoms with Gasteiger partial charge in [0.05, 0.1) is 6.04 Å². The Morgan fingerprint density at radius 3 is 2.86 bits per heavy atom. The molecule has 22 heavy (non-hydrogen) atoms. The van der Waals surface area contributed by atoms with E-state index < -0.39 is 0 Å². The van der Waals surface area contributed by atoms with E-state index in [1.165, 1.54) is 5.56 Å². The quantitative estimate of drug-likeness (QED) is 0.927. The molecule has 2 heterocycles. The number of aromatic nitrogens is 3. The van der Waals surface area contributed by atoms with Crippen LogP contribution in [0.1, 0.15) is 35.8 Å². The minimum atomic E-state index is -0.0718. The number of urea groups is 1. The van der Waals surface area contributed by atoms with E-state index in [1.807, 2.05) is 42.5 Å². The Morgan fingerprint density at radius 1 is 1.36 bits per heavy atom. The molecule has 6 nitrogen and oxygen atoms in total. The zero-order valence-electron chi connectivity index (χ0n) is 13.2. The second kappa shape index (κ2) is 5.79. The summed E-state index contributed by atoms with van der Waals surface area (Å²) in [6, 6.07) is 5.96. The third kappa shape index (κ3) is 2.68. The van der Waals surface area contributed by atoms with Crippen molar-refractivity contribution in [1.82, 2.24) is 19.7 Å². The molecule has 1 saturated heterocycles. The number of aryl methyl sites for hydroxylation is 3. The molecule has 1 atom stereocenters. The lowest BCUT2D eigenvalue weighted by Crippen LogP contribution is -2.35. The van der Waals surface area contributed by atoms with Crippen LogP contribution in [0, 0.1) is 13.8 Å².